The van der Waals surface area contributed by atoms with Crippen molar-refractivity contribution in [2.24, 2.45) is 0 Å². The summed E-state index contributed by atoms with van der Waals surface area (Å²) in [6, 6.07) is 7.40. The van der Waals surface area contributed by atoms with Crippen molar-refractivity contribution in [2.75, 3.05) is 13.1 Å². The van der Waals surface area contributed by atoms with Crippen molar-refractivity contribution in [1.82, 2.24) is 25.3 Å². The quantitative estimate of drug-likeness (QED) is 0.693. The van der Waals surface area contributed by atoms with Gasteiger partial charge in [0.25, 0.3) is 5.91 Å². The van der Waals surface area contributed by atoms with E-state index in [1.165, 1.54) is 6.92 Å². The van der Waals surface area contributed by atoms with Crippen LogP contribution in [0.1, 0.15) is 70.9 Å². The maximum Gasteiger partial charge on any atom is 0.410 e. The van der Waals surface area contributed by atoms with Gasteiger partial charge in [0.15, 0.2) is 5.69 Å². The van der Waals surface area contributed by atoms with E-state index in [4.69, 9.17) is 4.74 Å². The van der Waals surface area contributed by atoms with Crippen LogP contribution in [0.25, 0.3) is 10.9 Å². The molecule has 1 aromatic heterocycles. The number of ether oxygens (including phenoxy) is 1. The number of para-hydroxylation sites is 1. The van der Waals surface area contributed by atoms with Gasteiger partial charge < -0.3 is 20.3 Å². The fourth-order valence-electron chi connectivity index (χ4n) is 4.16. The highest BCUT2D eigenvalue weighted by atomic mass is 16.6. The molecule has 0 aliphatic carbocycles. The number of hydrogen-bond donors (Lipinski definition) is 2. The number of amides is 3. The fourth-order valence-corrected chi connectivity index (χ4v) is 4.16. The number of benzene rings is 1. The maximum absolute atomic E-state index is 13.2. The highest BCUT2D eigenvalue weighted by Crippen LogP contribution is 2.25. The van der Waals surface area contributed by atoms with Crippen LogP contribution in [0.3, 0.4) is 0 Å². The molecule has 2 N–H and O–H groups in total. The van der Waals surface area contributed by atoms with Crippen LogP contribution in [0.2, 0.25) is 0 Å². The van der Waals surface area contributed by atoms with Gasteiger partial charge in [-0.15, -0.1) is 0 Å². The molecule has 1 aromatic carbocycles. The first-order valence-electron chi connectivity index (χ1n) is 11.5. The lowest BCUT2D eigenvalue weighted by Gasteiger charge is -2.28. The van der Waals surface area contributed by atoms with E-state index in [1.54, 1.807) is 4.90 Å². The number of nitrogens with zero attached hydrogens (tertiary/aromatic N) is 3. The zero-order valence-corrected chi connectivity index (χ0v) is 20.3. The lowest BCUT2D eigenvalue weighted by molar-refractivity contribution is -0.118. The summed E-state index contributed by atoms with van der Waals surface area (Å²) in [5.74, 6) is -0.378. The lowest BCUT2D eigenvalue weighted by Crippen LogP contribution is -2.42. The zero-order valence-electron chi connectivity index (χ0n) is 20.3. The van der Waals surface area contributed by atoms with E-state index in [0.717, 1.165) is 10.9 Å². The molecule has 1 aliphatic heterocycles. The second-order valence-electron chi connectivity index (χ2n) is 9.87. The molecule has 1 aliphatic rings. The molecule has 180 valence electrons. The Kier molecular flexibility index (Phi) is 7.29. The molecule has 33 heavy (non-hydrogen) atoms. The summed E-state index contributed by atoms with van der Waals surface area (Å²) in [5.41, 5.74) is 0.667. The number of hydrogen-bond acceptors (Lipinski definition) is 5. The van der Waals surface area contributed by atoms with Crippen molar-refractivity contribution in [3.8, 4) is 0 Å². The van der Waals surface area contributed by atoms with Gasteiger partial charge in [-0.05, 0) is 53.5 Å². The molecule has 1 fully saturated rings. The van der Waals surface area contributed by atoms with E-state index < -0.39 is 11.7 Å². The van der Waals surface area contributed by atoms with Crippen LogP contribution in [0.4, 0.5) is 4.79 Å². The van der Waals surface area contributed by atoms with E-state index in [2.05, 4.69) is 15.7 Å². The van der Waals surface area contributed by atoms with E-state index in [-0.39, 0.29) is 29.9 Å². The Morgan fingerprint density at radius 2 is 1.91 bits per heavy atom. The Labute approximate surface area is 194 Å². The molecule has 2 aromatic rings. The summed E-state index contributed by atoms with van der Waals surface area (Å²) in [5, 5.41) is 11.2. The van der Waals surface area contributed by atoms with Gasteiger partial charge >= 0.3 is 6.09 Å². The summed E-state index contributed by atoms with van der Waals surface area (Å²) in [6.07, 6.45) is 0.741. The Bertz CT molecular complexity index is 1020. The molecule has 2 heterocycles. The highest BCUT2D eigenvalue weighted by Gasteiger charge is 2.38. The standard InChI is InChI=1S/C24H35N5O4/c1-15(2)29-20-10-8-7-9-19(20)21(27-29)22(31)26-17-13-18(11-12-25-16(3)30)28(14-17)23(32)33-24(4,5)6/h7-10,15,17-18H,11-14H2,1-6H3,(H,25,30)(H,26,31)/t17-,18+/m0/s1. The lowest BCUT2D eigenvalue weighted by atomic mass is 10.1. The van der Waals surface area contributed by atoms with Crippen LogP contribution >= 0.6 is 0 Å². The van der Waals surface area contributed by atoms with Crippen molar-refractivity contribution in [2.45, 2.75) is 78.1 Å². The van der Waals surface area contributed by atoms with Gasteiger partial charge in [-0.1, -0.05) is 18.2 Å². The summed E-state index contributed by atoms with van der Waals surface area (Å²) in [6.45, 7) is 11.8. The third kappa shape index (κ3) is 6.03. The molecule has 2 atom stereocenters. The number of carbonyl (C=O) groups excluding carboxylic acids is 3. The second-order valence-corrected chi connectivity index (χ2v) is 9.87. The summed E-state index contributed by atoms with van der Waals surface area (Å²) in [7, 11) is 0. The SMILES string of the molecule is CC(=O)NCC[C@@H]1C[C@H](NC(=O)c2nn(C(C)C)c3ccccc23)CN1C(=O)OC(C)(C)C. The van der Waals surface area contributed by atoms with Gasteiger partial charge in [-0.25, -0.2) is 4.79 Å². The first-order valence-corrected chi connectivity index (χ1v) is 11.5. The van der Waals surface area contributed by atoms with Crippen molar-refractivity contribution in [3.63, 3.8) is 0 Å². The zero-order chi connectivity index (χ0) is 24.3. The normalized spacial score (nSPS) is 18.6. The molecule has 0 unspecified atom stereocenters. The van der Waals surface area contributed by atoms with Gasteiger partial charge in [-0.2, -0.15) is 5.10 Å². The monoisotopic (exact) mass is 457 g/mol. The van der Waals surface area contributed by atoms with E-state index >= 15 is 0 Å². The fraction of sp³-hybridized carbons (Fsp3) is 0.583. The van der Waals surface area contributed by atoms with Crippen molar-refractivity contribution in [3.05, 3.63) is 30.0 Å². The Hall–Kier alpha value is -3.10. The van der Waals surface area contributed by atoms with E-state index in [1.807, 2.05) is 63.6 Å². The molecule has 0 bridgehead atoms. The molecule has 3 amide bonds. The smallest absolute Gasteiger partial charge is 0.410 e. The molecule has 9 heteroatoms. The number of aromatic nitrogens is 2. The largest absolute Gasteiger partial charge is 0.444 e. The average molecular weight is 458 g/mol. The predicted octanol–water partition coefficient (Wildman–Crippen LogP) is 3.25. The molecule has 3 rings (SSSR count). The van der Waals surface area contributed by atoms with Gasteiger partial charge in [0.2, 0.25) is 5.91 Å². The average Bonchev–Trinajstić information content (AvgIpc) is 3.28. The van der Waals surface area contributed by atoms with E-state index in [9.17, 15) is 14.4 Å². The number of fused-ring (bicyclic) bond motifs is 1. The van der Waals surface area contributed by atoms with Crippen LogP contribution in [0.5, 0.6) is 0 Å². The summed E-state index contributed by atoms with van der Waals surface area (Å²) in [4.78, 5) is 38.9. The summed E-state index contributed by atoms with van der Waals surface area (Å²) < 4.78 is 7.43. The summed E-state index contributed by atoms with van der Waals surface area (Å²) >= 11 is 0. The molecule has 0 saturated carbocycles. The Morgan fingerprint density at radius 1 is 1.21 bits per heavy atom. The number of carbonyl (C=O) groups is 3. The highest BCUT2D eigenvalue weighted by molar-refractivity contribution is 6.05. The van der Waals surface area contributed by atoms with Gasteiger partial charge in [0, 0.05) is 43.5 Å². The number of likely N-dealkylation sites (tertiary alicyclic amines) is 1. The molecule has 0 radical (unpaired) electrons. The predicted molar refractivity (Wildman–Crippen MR) is 126 cm³/mol. The van der Waals surface area contributed by atoms with Crippen molar-refractivity contribution < 1.29 is 19.1 Å². The van der Waals surface area contributed by atoms with Crippen LogP contribution in [-0.4, -0.2) is 63.4 Å². The Balaban J connectivity index is 1.76. The van der Waals surface area contributed by atoms with Crippen LogP contribution in [-0.2, 0) is 9.53 Å². The first-order chi connectivity index (χ1) is 15.5. The molecule has 0 spiro atoms. The van der Waals surface area contributed by atoms with Gasteiger partial charge in [-0.3, -0.25) is 14.3 Å². The maximum atomic E-state index is 13.2. The van der Waals surface area contributed by atoms with Crippen LogP contribution in [0.15, 0.2) is 24.3 Å². The van der Waals surface area contributed by atoms with Crippen LogP contribution < -0.4 is 10.6 Å². The van der Waals surface area contributed by atoms with Gasteiger partial charge in [0.05, 0.1) is 5.52 Å². The molecular weight excluding hydrogens is 422 g/mol. The molecular formula is C24H35N5O4. The molecule has 9 nitrogen and oxygen atoms in total. The minimum Gasteiger partial charge on any atom is -0.444 e. The van der Waals surface area contributed by atoms with Crippen molar-refractivity contribution in [1.29, 1.82) is 0 Å². The Morgan fingerprint density at radius 3 is 2.55 bits per heavy atom. The van der Waals surface area contributed by atoms with E-state index in [0.29, 0.717) is 31.6 Å². The third-order valence-electron chi connectivity index (χ3n) is 5.55. The topological polar surface area (TPSA) is 106 Å². The minimum absolute atomic E-state index is 0.115. The van der Waals surface area contributed by atoms with Crippen LogP contribution in [0, 0.1) is 0 Å². The first kappa shape index (κ1) is 24.5. The molecule has 1 saturated heterocycles. The minimum atomic E-state index is -0.622. The third-order valence-corrected chi connectivity index (χ3v) is 5.55. The van der Waals surface area contributed by atoms with Crippen molar-refractivity contribution >= 4 is 28.8 Å². The van der Waals surface area contributed by atoms with Gasteiger partial charge in [0.1, 0.15) is 5.60 Å². The number of rotatable bonds is 6. The number of nitrogens with one attached hydrogen (secondary N) is 2. The second kappa shape index (κ2) is 9.80.